The molecule has 47 heavy (non-hydrogen) atoms. The molecule has 0 aromatic carbocycles. The zero-order valence-corrected chi connectivity index (χ0v) is 32.0. The molecule has 286 valence electrons. The molecule has 0 aromatic rings. The van der Waals surface area contributed by atoms with Crippen LogP contribution in [0, 0.1) is 0 Å². The summed E-state index contributed by atoms with van der Waals surface area (Å²) >= 11 is 0. The lowest BCUT2D eigenvalue weighted by atomic mass is 10.0. The number of aliphatic carboxylic acids is 1. The Labute approximate surface area is 293 Å². The Balaban J connectivity index is -0.000000702. The number of unbranched alkanes of at least 4 members (excludes halogenated alkanes) is 27. The molecule has 0 aliphatic carbocycles. The second-order valence-corrected chi connectivity index (χ2v) is 13.9. The van der Waals surface area contributed by atoms with E-state index < -0.39 is 12.1 Å². The first-order chi connectivity index (χ1) is 22.9. The summed E-state index contributed by atoms with van der Waals surface area (Å²) in [7, 11) is 0. The Morgan fingerprint density at radius 1 is 0.383 bits per heavy atom. The van der Waals surface area contributed by atoms with Crippen LogP contribution in [-0.2, 0) is 4.79 Å². The first kappa shape index (κ1) is 50.7. The van der Waals surface area contributed by atoms with Gasteiger partial charge in [0.15, 0.2) is 0 Å². The number of hydrogen-bond acceptors (Lipinski definition) is 5. The van der Waals surface area contributed by atoms with Crippen molar-refractivity contribution in [2.75, 3.05) is 13.2 Å². The van der Waals surface area contributed by atoms with E-state index in [1.807, 2.05) is 0 Å². The number of hydrogen-bond donors (Lipinski definition) is 5. The molecular weight excluding hydrogens is 588 g/mol. The molecule has 0 rings (SSSR count). The third-order valence-corrected chi connectivity index (χ3v) is 8.95. The summed E-state index contributed by atoms with van der Waals surface area (Å²) in [5.74, 6) is -0.653. The number of aliphatic hydroxyl groups excluding tert-OH is 4. The van der Waals surface area contributed by atoms with Gasteiger partial charge in [-0.3, -0.25) is 4.79 Å². The summed E-state index contributed by atoms with van der Waals surface area (Å²) in [5, 5.41) is 42.5. The molecular formula is C41H86O6. The van der Waals surface area contributed by atoms with Crippen LogP contribution in [0.4, 0.5) is 0 Å². The van der Waals surface area contributed by atoms with Gasteiger partial charge in [-0.1, -0.05) is 207 Å². The third kappa shape index (κ3) is 55.0. The number of carboxylic acid groups (broad SMARTS) is 1. The van der Waals surface area contributed by atoms with Crippen LogP contribution in [0.2, 0.25) is 0 Å². The second-order valence-electron chi connectivity index (χ2n) is 13.9. The average Bonchev–Trinajstić information content (AvgIpc) is 3.07. The van der Waals surface area contributed by atoms with Gasteiger partial charge in [0.25, 0.3) is 0 Å². The molecule has 0 heterocycles. The fourth-order valence-corrected chi connectivity index (χ4v) is 5.70. The van der Waals surface area contributed by atoms with Gasteiger partial charge in [-0.25, -0.2) is 0 Å². The van der Waals surface area contributed by atoms with Gasteiger partial charge in [-0.2, -0.15) is 0 Å². The molecule has 0 spiro atoms. The molecule has 0 fully saturated rings. The summed E-state index contributed by atoms with van der Waals surface area (Å²) in [5.41, 5.74) is 0. The van der Waals surface area contributed by atoms with Crippen molar-refractivity contribution >= 4 is 5.97 Å². The minimum absolute atomic E-state index is 0.0271. The zero-order valence-electron chi connectivity index (χ0n) is 32.0. The lowest BCUT2D eigenvalue weighted by Crippen LogP contribution is -2.15. The lowest BCUT2D eigenvalue weighted by Gasteiger charge is -2.10. The minimum Gasteiger partial charge on any atom is -0.481 e. The standard InChI is InChI=1S/C20H42O.C18H36O2.C3H8O3/c1-3-5-7-9-11-12-13-15-17-19-20(21)18-16-14-10-8-6-4-2;1-2-3-4-5-6-7-8-9-10-11-12-13-14-15-16-17-18(19)20;4-1-3(6)2-5/h20-21H,3-19H2,1-2H3;2-17H2,1H3,(H,19,20);3-6H,1-2H2. The normalized spacial score (nSPS) is 11.6. The van der Waals surface area contributed by atoms with E-state index in [4.69, 9.17) is 20.4 Å². The molecule has 0 saturated carbocycles. The highest BCUT2D eigenvalue weighted by molar-refractivity contribution is 5.66. The van der Waals surface area contributed by atoms with Gasteiger partial charge in [0.1, 0.15) is 6.10 Å². The van der Waals surface area contributed by atoms with Gasteiger partial charge in [0, 0.05) is 6.42 Å². The molecule has 0 bridgehead atoms. The SMILES string of the molecule is CCCCCCCCCCCC(O)CCCCCCCC.CCCCCCCCCCCCCCCCCC(=O)O.OCC(O)CO. The average molecular weight is 675 g/mol. The van der Waals surface area contributed by atoms with Gasteiger partial charge in [0.05, 0.1) is 19.3 Å². The minimum atomic E-state index is -0.954. The van der Waals surface area contributed by atoms with Crippen LogP contribution in [0.15, 0.2) is 0 Å². The van der Waals surface area contributed by atoms with Crippen molar-refractivity contribution in [2.45, 2.75) is 245 Å². The predicted molar refractivity (Wildman–Crippen MR) is 203 cm³/mol. The van der Waals surface area contributed by atoms with E-state index >= 15 is 0 Å². The smallest absolute Gasteiger partial charge is 0.303 e. The van der Waals surface area contributed by atoms with Gasteiger partial charge < -0.3 is 25.5 Å². The van der Waals surface area contributed by atoms with Crippen molar-refractivity contribution in [3.63, 3.8) is 0 Å². The Morgan fingerprint density at radius 3 is 0.830 bits per heavy atom. The van der Waals surface area contributed by atoms with Crippen LogP contribution in [0.3, 0.4) is 0 Å². The van der Waals surface area contributed by atoms with E-state index in [2.05, 4.69) is 20.8 Å². The molecule has 0 saturated heterocycles. The topological polar surface area (TPSA) is 118 Å². The maximum Gasteiger partial charge on any atom is 0.303 e. The largest absolute Gasteiger partial charge is 0.481 e. The van der Waals surface area contributed by atoms with Crippen LogP contribution in [-0.4, -0.2) is 56.9 Å². The van der Waals surface area contributed by atoms with E-state index in [9.17, 15) is 9.90 Å². The summed E-state index contributed by atoms with van der Waals surface area (Å²) in [4.78, 5) is 10.3. The van der Waals surface area contributed by atoms with Crippen LogP contribution >= 0.6 is 0 Å². The van der Waals surface area contributed by atoms with Crippen molar-refractivity contribution in [3.05, 3.63) is 0 Å². The van der Waals surface area contributed by atoms with Gasteiger partial charge >= 0.3 is 5.97 Å². The first-order valence-corrected chi connectivity index (χ1v) is 20.7. The molecule has 1 atom stereocenters. The summed E-state index contributed by atoms with van der Waals surface area (Å²) < 4.78 is 0. The molecule has 6 heteroatoms. The molecule has 0 aliphatic heterocycles. The van der Waals surface area contributed by atoms with Gasteiger partial charge in [-0.15, -0.1) is 0 Å². The number of aliphatic hydroxyl groups is 4. The highest BCUT2D eigenvalue weighted by atomic mass is 16.4. The van der Waals surface area contributed by atoms with E-state index in [-0.39, 0.29) is 19.3 Å². The van der Waals surface area contributed by atoms with Crippen LogP contribution < -0.4 is 0 Å². The quantitative estimate of drug-likeness (QED) is 0.0427. The lowest BCUT2D eigenvalue weighted by molar-refractivity contribution is -0.137. The van der Waals surface area contributed by atoms with Crippen LogP contribution in [0.1, 0.15) is 233 Å². The third-order valence-electron chi connectivity index (χ3n) is 8.95. The van der Waals surface area contributed by atoms with E-state index in [1.54, 1.807) is 0 Å². The summed E-state index contributed by atoms with van der Waals surface area (Å²) in [6, 6.07) is 0. The summed E-state index contributed by atoms with van der Waals surface area (Å²) in [6.45, 7) is 6.07. The number of rotatable bonds is 35. The maximum atomic E-state index is 10.3. The zero-order chi connectivity index (χ0) is 35.5. The Bertz CT molecular complexity index is 540. The van der Waals surface area contributed by atoms with E-state index in [1.165, 1.54) is 180 Å². The van der Waals surface area contributed by atoms with Gasteiger partial charge in [0.2, 0.25) is 0 Å². The van der Waals surface area contributed by atoms with Crippen LogP contribution in [0.25, 0.3) is 0 Å². The van der Waals surface area contributed by atoms with Crippen molar-refractivity contribution in [1.29, 1.82) is 0 Å². The molecule has 5 N–H and O–H groups in total. The molecule has 0 amide bonds. The molecule has 0 aliphatic rings. The van der Waals surface area contributed by atoms with Crippen molar-refractivity contribution in [2.24, 2.45) is 0 Å². The maximum absolute atomic E-state index is 10.3. The Kier molecular flexibility index (Phi) is 51.1. The number of carbonyl (C=O) groups is 1. The molecule has 6 nitrogen and oxygen atoms in total. The molecule has 0 radical (unpaired) electrons. The molecule has 1 unspecified atom stereocenters. The van der Waals surface area contributed by atoms with E-state index in [0.717, 1.165) is 25.7 Å². The molecule has 0 aromatic heterocycles. The predicted octanol–water partition coefficient (Wildman–Crippen LogP) is 11.7. The fourth-order valence-electron chi connectivity index (χ4n) is 5.70. The highest BCUT2D eigenvalue weighted by Crippen LogP contribution is 2.16. The van der Waals surface area contributed by atoms with Crippen molar-refractivity contribution < 1.29 is 30.3 Å². The second kappa shape index (κ2) is 47.4. The summed E-state index contributed by atoms with van der Waals surface area (Å²) in [6.07, 6.45) is 41.6. The Morgan fingerprint density at radius 2 is 0.617 bits per heavy atom. The van der Waals surface area contributed by atoms with E-state index in [0.29, 0.717) is 6.42 Å². The fraction of sp³-hybridized carbons (Fsp3) is 0.976. The first-order valence-electron chi connectivity index (χ1n) is 20.7. The Hall–Kier alpha value is -0.690. The monoisotopic (exact) mass is 675 g/mol. The van der Waals surface area contributed by atoms with Crippen LogP contribution in [0.5, 0.6) is 0 Å². The highest BCUT2D eigenvalue weighted by Gasteiger charge is 2.04. The van der Waals surface area contributed by atoms with Crippen molar-refractivity contribution in [1.82, 2.24) is 0 Å². The van der Waals surface area contributed by atoms with Crippen molar-refractivity contribution in [3.8, 4) is 0 Å². The van der Waals surface area contributed by atoms with Gasteiger partial charge in [-0.05, 0) is 19.3 Å². The number of carboxylic acids is 1.